The predicted molar refractivity (Wildman–Crippen MR) is 128 cm³/mol. The third-order valence-corrected chi connectivity index (χ3v) is 6.29. The lowest BCUT2D eigenvalue weighted by Crippen LogP contribution is -2.47. The van der Waals surface area contributed by atoms with Crippen LogP contribution in [0.5, 0.6) is 5.75 Å². The molecule has 0 bridgehead atoms. The molecule has 0 aliphatic carbocycles. The molecule has 1 aliphatic heterocycles. The molecule has 1 N–H and O–H groups in total. The molecule has 1 amide bonds. The molecular weight excluding hydrogens is 420 g/mol. The van der Waals surface area contributed by atoms with Crippen LogP contribution in [0, 0.1) is 0 Å². The van der Waals surface area contributed by atoms with E-state index in [1.165, 1.54) is 9.13 Å². The van der Waals surface area contributed by atoms with E-state index in [0.717, 1.165) is 43.8 Å². The van der Waals surface area contributed by atoms with Crippen LogP contribution in [0.4, 0.5) is 0 Å². The fourth-order valence-corrected chi connectivity index (χ4v) is 4.53. The van der Waals surface area contributed by atoms with Crippen molar-refractivity contribution in [3.05, 3.63) is 74.9 Å². The number of hydrogen-bond donors (Lipinski definition) is 1. The van der Waals surface area contributed by atoms with Gasteiger partial charge in [0.2, 0.25) is 5.91 Å². The van der Waals surface area contributed by atoms with Gasteiger partial charge in [-0.3, -0.25) is 23.6 Å². The summed E-state index contributed by atoms with van der Waals surface area (Å²) in [5.74, 6) is 0.672. The average Bonchev–Trinajstić information content (AvgIpc) is 2.84. The minimum Gasteiger partial charge on any atom is -0.496 e. The number of hydrogen-bond acceptors (Lipinski definition) is 5. The van der Waals surface area contributed by atoms with Crippen molar-refractivity contribution in [1.82, 2.24) is 19.4 Å². The molecule has 0 spiro atoms. The number of piperidine rings is 1. The summed E-state index contributed by atoms with van der Waals surface area (Å²) in [7, 11) is 1.68. The maximum atomic E-state index is 12.9. The molecule has 1 fully saturated rings. The van der Waals surface area contributed by atoms with Crippen LogP contribution in [0.25, 0.3) is 10.9 Å². The number of methoxy groups -OCH3 is 1. The number of para-hydroxylation sites is 2. The highest BCUT2D eigenvalue weighted by molar-refractivity contribution is 5.81. The van der Waals surface area contributed by atoms with Crippen molar-refractivity contribution in [1.29, 1.82) is 0 Å². The predicted octanol–water partition coefficient (Wildman–Crippen LogP) is 1.97. The fourth-order valence-electron chi connectivity index (χ4n) is 4.53. The fraction of sp³-hybridized carbons (Fsp3) is 0.400. The van der Waals surface area contributed by atoms with E-state index in [2.05, 4.69) is 16.3 Å². The van der Waals surface area contributed by atoms with Crippen molar-refractivity contribution in [2.45, 2.75) is 45.4 Å². The van der Waals surface area contributed by atoms with Crippen LogP contribution < -0.4 is 21.3 Å². The van der Waals surface area contributed by atoms with Crippen molar-refractivity contribution in [3.8, 4) is 5.75 Å². The molecule has 2 heterocycles. The van der Waals surface area contributed by atoms with Gasteiger partial charge in [0.15, 0.2) is 0 Å². The zero-order valence-corrected chi connectivity index (χ0v) is 19.1. The molecule has 2 aromatic carbocycles. The topological polar surface area (TPSA) is 85.6 Å². The third-order valence-electron chi connectivity index (χ3n) is 6.29. The van der Waals surface area contributed by atoms with E-state index in [-0.39, 0.29) is 30.6 Å². The molecule has 0 atom stereocenters. The number of fused-ring (bicyclic) bond motifs is 1. The van der Waals surface area contributed by atoms with Gasteiger partial charge in [-0.1, -0.05) is 30.3 Å². The summed E-state index contributed by atoms with van der Waals surface area (Å²) < 4.78 is 8.02. The van der Waals surface area contributed by atoms with Crippen LogP contribution in [0.3, 0.4) is 0 Å². The molecule has 4 rings (SSSR count). The first-order valence-corrected chi connectivity index (χ1v) is 11.4. The number of carbonyl (C=O) groups is 1. The maximum absolute atomic E-state index is 12.9. The molecule has 0 radical (unpaired) electrons. The highest BCUT2D eigenvalue weighted by Crippen LogP contribution is 2.21. The monoisotopic (exact) mass is 450 g/mol. The Morgan fingerprint density at radius 2 is 1.73 bits per heavy atom. The zero-order chi connectivity index (χ0) is 23.4. The van der Waals surface area contributed by atoms with E-state index in [1.807, 2.05) is 18.2 Å². The number of carbonyl (C=O) groups excluding carboxylic acids is 1. The Labute approximate surface area is 192 Å². The zero-order valence-electron chi connectivity index (χ0n) is 19.1. The summed E-state index contributed by atoms with van der Waals surface area (Å²) in [6.07, 6.45) is 1.68. The van der Waals surface area contributed by atoms with E-state index in [0.29, 0.717) is 10.9 Å². The van der Waals surface area contributed by atoms with E-state index >= 15 is 0 Å². The molecule has 174 valence electrons. The molecule has 1 aromatic heterocycles. The Morgan fingerprint density at radius 1 is 1.03 bits per heavy atom. The second-order valence-corrected chi connectivity index (χ2v) is 8.37. The molecule has 0 saturated carbocycles. The lowest BCUT2D eigenvalue weighted by atomic mass is 10.0. The van der Waals surface area contributed by atoms with Crippen LogP contribution >= 0.6 is 0 Å². The third kappa shape index (κ3) is 4.85. The van der Waals surface area contributed by atoms with Crippen LogP contribution in [-0.2, 0) is 24.4 Å². The van der Waals surface area contributed by atoms with Gasteiger partial charge in [0, 0.05) is 37.8 Å². The SMILES string of the molecule is CCn1c(=O)c2ccccc2n(CC(=O)NC2CCN(Cc3ccccc3OC)CC2)c1=O. The number of aromatic nitrogens is 2. The Bertz CT molecular complexity index is 1260. The van der Waals surface area contributed by atoms with Crippen molar-refractivity contribution in [2.24, 2.45) is 0 Å². The first kappa shape index (κ1) is 22.8. The van der Waals surface area contributed by atoms with E-state index < -0.39 is 5.69 Å². The molecule has 3 aromatic rings. The smallest absolute Gasteiger partial charge is 0.331 e. The van der Waals surface area contributed by atoms with Gasteiger partial charge < -0.3 is 10.1 Å². The minimum absolute atomic E-state index is 0.0606. The standard InChI is InChI=1S/C25H30N4O4/c1-3-28-24(31)20-9-5-6-10-21(20)29(25(28)32)17-23(30)26-19-12-14-27(15-13-19)16-18-8-4-7-11-22(18)33-2/h4-11,19H,3,12-17H2,1-2H3,(H,26,30). The molecule has 33 heavy (non-hydrogen) atoms. The Hall–Kier alpha value is -3.39. The minimum atomic E-state index is -0.456. The van der Waals surface area contributed by atoms with Gasteiger partial charge in [-0.25, -0.2) is 4.79 Å². The van der Waals surface area contributed by atoms with Crippen molar-refractivity contribution in [2.75, 3.05) is 20.2 Å². The number of ether oxygens (including phenoxy) is 1. The molecule has 8 heteroatoms. The van der Waals surface area contributed by atoms with Gasteiger partial charge in [0.1, 0.15) is 12.3 Å². The summed E-state index contributed by atoms with van der Waals surface area (Å²) in [5, 5.41) is 3.52. The van der Waals surface area contributed by atoms with Crippen LogP contribution in [-0.4, -0.2) is 46.2 Å². The molecule has 1 aliphatic rings. The van der Waals surface area contributed by atoms with Crippen LogP contribution in [0.2, 0.25) is 0 Å². The van der Waals surface area contributed by atoms with Gasteiger partial charge in [-0.15, -0.1) is 0 Å². The molecule has 1 saturated heterocycles. The maximum Gasteiger partial charge on any atom is 0.331 e. The van der Waals surface area contributed by atoms with Gasteiger partial charge in [0.05, 0.1) is 18.0 Å². The van der Waals surface area contributed by atoms with Gasteiger partial charge >= 0.3 is 5.69 Å². The Kier molecular flexibility index (Phi) is 6.93. The lowest BCUT2D eigenvalue weighted by Gasteiger charge is -2.32. The average molecular weight is 451 g/mol. The van der Waals surface area contributed by atoms with Crippen LogP contribution in [0.1, 0.15) is 25.3 Å². The second-order valence-electron chi connectivity index (χ2n) is 8.37. The number of amides is 1. The largest absolute Gasteiger partial charge is 0.496 e. The summed E-state index contributed by atoms with van der Waals surface area (Å²) in [5.41, 5.74) is 0.860. The van der Waals surface area contributed by atoms with Crippen molar-refractivity contribution < 1.29 is 9.53 Å². The first-order chi connectivity index (χ1) is 16.0. The van der Waals surface area contributed by atoms with Gasteiger partial charge in [0.25, 0.3) is 5.56 Å². The number of nitrogens with one attached hydrogen (secondary N) is 1. The summed E-state index contributed by atoms with van der Waals surface area (Å²) in [6, 6.07) is 15.0. The van der Waals surface area contributed by atoms with Gasteiger partial charge in [-0.2, -0.15) is 0 Å². The van der Waals surface area contributed by atoms with E-state index in [9.17, 15) is 14.4 Å². The lowest BCUT2D eigenvalue weighted by molar-refractivity contribution is -0.122. The second kappa shape index (κ2) is 10.0. The number of likely N-dealkylation sites (tertiary alicyclic amines) is 1. The Balaban J connectivity index is 1.40. The summed E-state index contributed by atoms with van der Waals surface area (Å²) >= 11 is 0. The van der Waals surface area contributed by atoms with E-state index in [1.54, 1.807) is 38.3 Å². The van der Waals surface area contributed by atoms with Crippen molar-refractivity contribution >= 4 is 16.8 Å². The highest BCUT2D eigenvalue weighted by atomic mass is 16.5. The summed E-state index contributed by atoms with van der Waals surface area (Å²) in [6.45, 7) is 4.44. The highest BCUT2D eigenvalue weighted by Gasteiger charge is 2.22. The quantitative estimate of drug-likeness (QED) is 0.595. The normalized spacial score (nSPS) is 15.0. The molecule has 8 nitrogen and oxygen atoms in total. The number of rotatable bonds is 7. The van der Waals surface area contributed by atoms with Gasteiger partial charge in [-0.05, 0) is 38.0 Å². The van der Waals surface area contributed by atoms with Crippen molar-refractivity contribution in [3.63, 3.8) is 0 Å². The number of nitrogens with zero attached hydrogens (tertiary/aromatic N) is 3. The number of benzene rings is 2. The molecular formula is C25H30N4O4. The summed E-state index contributed by atoms with van der Waals surface area (Å²) in [4.78, 5) is 40.6. The Morgan fingerprint density at radius 3 is 2.45 bits per heavy atom. The first-order valence-electron chi connectivity index (χ1n) is 11.4. The van der Waals surface area contributed by atoms with E-state index in [4.69, 9.17) is 4.74 Å². The van der Waals surface area contributed by atoms with Crippen LogP contribution in [0.15, 0.2) is 58.1 Å². The molecule has 0 unspecified atom stereocenters.